The molecule has 3 rings (SSSR count). The molecule has 2 amide bonds. The maximum Gasteiger partial charge on any atom is 0.405 e. The van der Waals surface area contributed by atoms with Crippen molar-refractivity contribution in [2.45, 2.75) is 12.7 Å². The number of carbonyl (C=O) groups excluding carboxylic acids is 2. The van der Waals surface area contributed by atoms with Crippen LogP contribution in [0.5, 0.6) is 5.75 Å². The van der Waals surface area contributed by atoms with Crippen LogP contribution in [0, 0.1) is 11.6 Å². The molecule has 0 aliphatic heterocycles. The number of hydrogen-bond acceptors (Lipinski definition) is 6. The summed E-state index contributed by atoms with van der Waals surface area (Å²) in [5, 5.41) is 11.7. The summed E-state index contributed by atoms with van der Waals surface area (Å²) in [5.74, 6) is -3.19. The first-order valence-corrected chi connectivity index (χ1v) is 11.0. The fourth-order valence-electron chi connectivity index (χ4n) is 3.04. The second kappa shape index (κ2) is 12.9. The highest BCUT2D eigenvalue weighted by Crippen LogP contribution is 2.25. The number of halogens is 6. The Kier molecular flexibility index (Phi) is 9.65. The number of amides is 2. The molecule has 3 aromatic rings. The average molecular weight is 545 g/mol. The molecule has 0 fully saturated rings. The van der Waals surface area contributed by atoms with E-state index in [4.69, 9.17) is 9.47 Å². The second-order valence-electron chi connectivity index (χ2n) is 7.60. The molecule has 9 nitrogen and oxygen atoms in total. The Labute approximate surface area is 211 Å². The van der Waals surface area contributed by atoms with Gasteiger partial charge in [-0.05, 0) is 36.4 Å². The summed E-state index contributed by atoms with van der Waals surface area (Å²) in [6.07, 6.45) is -3.43. The molecule has 2 N–H and O–H groups in total. The van der Waals surface area contributed by atoms with Crippen molar-refractivity contribution >= 4 is 11.8 Å². The van der Waals surface area contributed by atoms with Crippen LogP contribution in [-0.4, -0.2) is 66.0 Å². The van der Waals surface area contributed by atoms with Gasteiger partial charge in [-0.3, -0.25) is 9.59 Å². The summed E-state index contributed by atoms with van der Waals surface area (Å²) in [5.41, 5.74) is -0.291. The van der Waals surface area contributed by atoms with Crippen molar-refractivity contribution in [3.8, 4) is 11.4 Å². The molecule has 0 bridgehead atoms. The van der Waals surface area contributed by atoms with Crippen molar-refractivity contribution in [2.24, 2.45) is 0 Å². The van der Waals surface area contributed by atoms with Crippen LogP contribution < -0.4 is 15.4 Å². The smallest absolute Gasteiger partial charge is 0.405 e. The highest BCUT2D eigenvalue weighted by Gasteiger charge is 2.28. The predicted molar refractivity (Wildman–Crippen MR) is 120 cm³/mol. The van der Waals surface area contributed by atoms with E-state index in [9.17, 15) is 35.9 Å². The second-order valence-corrected chi connectivity index (χ2v) is 7.60. The molecule has 1 heterocycles. The van der Waals surface area contributed by atoms with Gasteiger partial charge in [0.1, 0.15) is 42.9 Å². The SMILES string of the molecule is O=C(NCC(F)(F)F)c1ccc(-n2cc(C(=O)NCc3cc(F)ccc3F)nn2)c(OCCOCCF)c1. The van der Waals surface area contributed by atoms with Gasteiger partial charge < -0.3 is 20.1 Å². The number of hydrogen-bond donors (Lipinski definition) is 2. The first-order chi connectivity index (χ1) is 18.1. The van der Waals surface area contributed by atoms with Gasteiger partial charge in [-0.25, -0.2) is 17.9 Å². The summed E-state index contributed by atoms with van der Waals surface area (Å²) in [7, 11) is 0. The van der Waals surface area contributed by atoms with Gasteiger partial charge in [0, 0.05) is 17.7 Å². The number of alkyl halides is 4. The van der Waals surface area contributed by atoms with Gasteiger partial charge in [-0.2, -0.15) is 13.2 Å². The Hall–Kier alpha value is -4.14. The van der Waals surface area contributed by atoms with Crippen LogP contribution in [0.2, 0.25) is 0 Å². The zero-order valence-electron chi connectivity index (χ0n) is 19.5. The molecule has 0 unspecified atom stereocenters. The van der Waals surface area contributed by atoms with Crippen LogP contribution in [0.15, 0.2) is 42.6 Å². The minimum Gasteiger partial charge on any atom is -0.489 e. The number of aromatic nitrogens is 3. The molecule has 15 heteroatoms. The largest absolute Gasteiger partial charge is 0.489 e. The normalized spacial score (nSPS) is 11.3. The molecular formula is C23H21F6N5O4. The molecule has 0 atom stereocenters. The predicted octanol–water partition coefficient (Wildman–Crippen LogP) is 3.13. The standard InChI is InChI=1S/C23H21F6N5O4/c24-5-6-37-7-8-38-20-10-14(21(35)31-13-23(27,28)29)1-4-19(20)34-12-18(32-33-34)22(36)30-11-15-9-16(25)2-3-17(15)26/h1-4,9-10,12H,5-8,11,13H2,(H,30,36)(H,31,35). The monoisotopic (exact) mass is 545 g/mol. The molecular weight excluding hydrogens is 524 g/mol. The number of nitrogens with one attached hydrogen (secondary N) is 2. The van der Waals surface area contributed by atoms with Gasteiger partial charge in [0.15, 0.2) is 5.69 Å². The Morgan fingerprint density at radius 2 is 1.76 bits per heavy atom. The van der Waals surface area contributed by atoms with Crippen LogP contribution in [0.4, 0.5) is 26.3 Å². The molecule has 38 heavy (non-hydrogen) atoms. The molecule has 0 radical (unpaired) electrons. The van der Waals surface area contributed by atoms with Crippen LogP contribution >= 0.6 is 0 Å². The molecule has 204 valence electrons. The van der Waals surface area contributed by atoms with Crippen molar-refractivity contribution < 1.29 is 45.4 Å². The highest BCUT2D eigenvalue weighted by molar-refractivity contribution is 5.95. The Morgan fingerprint density at radius 1 is 0.974 bits per heavy atom. The summed E-state index contributed by atoms with van der Waals surface area (Å²) in [6.45, 7) is -2.89. The number of carbonyl (C=O) groups is 2. The number of ether oxygens (including phenoxy) is 2. The molecule has 0 saturated carbocycles. The zero-order chi connectivity index (χ0) is 27.7. The van der Waals surface area contributed by atoms with Crippen molar-refractivity contribution in [3.63, 3.8) is 0 Å². The zero-order valence-corrected chi connectivity index (χ0v) is 19.5. The van der Waals surface area contributed by atoms with Crippen molar-refractivity contribution in [1.82, 2.24) is 25.6 Å². The highest BCUT2D eigenvalue weighted by atomic mass is 19.4. The van der Waals surface area contributed by atoms with Gasteiger partial charge in [-0.15, -0.1) is 5.10 Å². The topological polar surface area (TPSA) is 107 Å². The Balaban J connectivity index is 1.77. The van der Waals surface area contributed by atoms with E-state index >= 15 is 0 Å². The van der Waals surface area contributed by atoms with Gasteiger partial charge >= 0.3 is 6.18 Å². The van der Waals surface area contributed by atoms with E-state index in [1.807, 2.05) is 0 Å². The van der Waals surface area contributed by atoms with Gasteiger partial charge in [0.25, 0.3) is 11.8 Å². The molecule has 0 saturated heterocycles. The minimum absolute atomic E-state index is 0.0211. The molecule has 0 aliphatic rings. The lowest BCUT2D eigenvalue weighted by molar-refractivity contribution is -0.123. The number of rotatable bonds is 12. The van der Waals surface area contributed by atoms with Crippen molar-refractivity contribution in [3.05, 3.63) is 71.1 Å². The summed E-state index contributed by atoms with van der Waals surface area (Å²) >= 11 is 0. The van der Waals surface area contributed by atoms with Crippen LogP contribution in [0.25, 0.3) is 5.69 Å². The Morgan fingerprint density at radius 3 is 2.50 bits per heavy atom. The molecule has 1 aromatic heterocycles. The van der Waals surface area contributed by atoms with Crippen LogP contribution in [-0.2, 0) is 11.3 Å². The first kappa shape index (κ1) is 28.4. The van der Waals surface area contributed by atoms with E-state index in [-0.39, 0.29) is 54.6 Å². The number of nitrogens with zero attached hydrogens (tertiary/aromatic N) is 3. The fraction of sp³-hybridized carbons (Fsp3) is 0.304. The van der Waals surface area contributed by atoms with E-state index < -0.39 is 42.8 Å². The summed E-state index contributed by atoms with van der Waals surface area (Å²) in [4.78, 5) is 24.6. The van der Waals surface area contributed by atoms with Gasteiger partial charge in [0.2, 0.25) is 0 Å². The minimum atomic E-state index is -4.61. The quantitative estimate of drug-likeness (QED) is 0.268. The van der Waals surface area contributed by atoms with Gasteiger partial charge in [0.05, 0.1) is 19.4 Å². The van der Waals surface area contributed by atoms with E-state index in [0.29, 0.717) is 0 Å². The van der Waals surface area contributed by atoms with E-state index in [1.165, 1.54) is 18.3 Å². The molecule has 0 aliphatic carbocycles. The third kappa shape index (κ3) is 8.19. The average Bonchev–Trinajstić information content (AvgIpc) is 3.37. The first-order valence-electron chi connectivity index (χ1n) is 11.0. The number of benzene rings is 2. The van der Waals surface area contributed by atoms with E-state index in [0.717, 1.165) is 28.9 Å². The fourth-order valence-corrected chi connectivity index (χ4v) is 3.04. The lowest BCUT2D eigenvalue weighted by Crippen LogP contribution is -2.33. The third-order valence-electron chi connectivity index (χ3n) is 4.80. The van der Waals surface area contributed by atoms with E-state index in [1.54, 1.807) is 5.32 Å². The third-order valence-corrected chi connectivity index (χ3v) is 4.80. The molecule has 0 spiro atoms. The van der Waals surface area contributed by atoms with Crippen LogP contribution in [0.3, 0.4) is 0 Å². The lowest BCUT2D eigenvalue weighted by Gasteiger charge is -2.14. The Bertz CT molecular complexity index is 1270. The summed E-state index contributed by atoms with van der Waals surface area (Å²) in [6, 6.07) is 6.46. The molecule has 2 aromatic carbocycles. The lowest BCUT2D eigenvalue weighted by atomic mass is 10.1. The summed E-state index contributed by atoms with van der Waals surface area (Å²) < 4.78 is 88.3. The van der Waals surface area contributed by atoms with E-state index in [2.05, 4.69) is 15.6 Å². The van der Waals surface area contributed by atoms with Crippen molar-refractivity contribution in [2.75, 3.05) is 33.0 Å². The van der Waals surface area contributed by atoms with Crippen LogP contribution in [0.1, 0.15) is 26.4 Å². The van der Waals surface area contributed by atoms with Crippen molar-refractivity contribution in [1.29, 1.82) is 0 Å². The van der Waals surface area contributed by atoms with Gasteiger partial charge in [-0.1, -0.05) is 5.21 Å². The maximum atomic E-state index is 13.8. The maximum absolute atomic E-state index is 13.8.